The number of amides is 2. The molecule has 0 fully saturated rings. The highest BCUT2D eigenvalue weighted by Crippen LogP contribution is 2.44. The highest BCUT2D eigenvalue weighted by molar-refractivity contribution is 5.93. The van der Waals surface area contributed by atoms with Crippen LogP contribution >= 0.6 is 0 Å². The van der Waals surface area contributed by atoms with E-state index in [9.17, 15) is 24.3 Å². The quantitative estimate of drug-likeness (QED) is 0.338. The summed E-state index contributed by atoms with van der Waals surface area (Å²) in [4.78, 5) is 49.8. The van der Waals surface area contributed by atoms with Crippen LogP contribution in [0.1, 0.15) is 42.9 Å². The van der Waals surface area contributed by atoms with Crippen molar-refractivity contribution in [3.8, 4) is 11.1 Å². The van der Waals surface area contributed by atoms with Gasteiger partial charge in [-0.2, -0.15) is 0 Å². The molecule has 0 heterocycles. The number of carboxylic acids is 1. The number of aliphatic carboxylic acids is 1. The number of esters is 1. The molecule has 1 aliphatic rings. The van der Waals surface area contributed by atoms with Crippen molar-refractivity contribution in [2.75, 3.05) is 6.61 Å². The second-order valence-electron chi connectivity index (χ2n) is 9.79. The number of hydrogen-bond acceptors (Lipinski definition) is 6. The van der Waals surface area contributed by atoms with Crippen LogP contribution in [0.15, 0.2) is 78.9 Å². The first-order valence-electron chi connectivity index (χ1n) is 12.5. The van der Waals surface area contributed by atoms with Crippen LogP contribution in [-0.2, 0) is 30.5 Å². The maximum atomic E-state index is 12.9. The van der Waals surface area contributed by atoms with Crippen molar-refractivity contribution < 1.29 is 33.8 Å². The topological polar surface area (TPSA) is 131 Å². The van der Waals surface area contributed by atoms with Crippen LogP contribution in [0.3, 0.4) is 0 Å². The first-order valence-corrected chi connectivity index (χ1v) is 12.5. The van der Waals surface area contributed by atoms with Gasteiger partial charge in [-0.25, -0.2) is 9.59 Å². The summed E-state index contributed by atoms with van der Waals surface area (Å²) in [5.74, 6) is -3.07. The Morgan fingerprint density at radius 2 is 1.41 bits per heavy atom. The van der Waals surface area contributed by atoms with E-state index in [1.165, 1.54) is 13.8 Å². The minimum atomic E-state index is -1.63. The van der Waals surface area contributed by atoms with Crippen molar-refractivity contribution >= 4 is 23.9 Å². The zero-order valence-electron chi connectivity index (χ0n) is 21.7. The number of ether oxygens (including phenoxy) is 2. The lowest BCUT2D eigenvalue weighted by atomic mass is 9.98. The molecule has 0 saturated heterocycles. The molecule has 39 heavy (non-hydrogen) atoms. The normalized spacial score (nSPS) is 13.0. The smallest absolute Gasteiger partial charge is 0.407 e. The lowest BCUT2D eigenvalue weighted by molar-refractivity contribution is -0.148. The number of carboxylic acid groups (broad SMARTS) is 1. The third-order valence-corrected chi connectivity index (χ3v) is 6.54. The fraction of sp³-hybridized carbons (Fsp3) is 0.267. The standard InChI is InChI=1S/C30H30N2O7/c1-30(2,28(35)36)32-27(34)25(16-26(33)38-17-19-10-4-3-5-11-19)31-29(37)39-18-24-22-14-8-6-12-20(22)21-13-7-9-15-23(21)24/h3-15,24-25H,16-18H2,1-2H3,(H,31,37)(H,32,34)(H,35,36)/t25-/m0/s1. The first-order chi connectivity index (χ1) is 18.7. The Morgan fingerprint density at radius 1 is 0.846 bits per heavy atom. The Bertz CT molecular complexity index is 1320. The van der Waals surface area contributed by atoms with Gasteiger partial charge in [0.2, 0.25) is 5.91 Å². The molecule has 9 heteroatoms. The van der Waals surface area contributed by atoms with Crippen molar-refractivity contribution in [1.29, 1.82) is 0 Å². The van der Waals surface area contributed by atoms with Crippen molar-refractivity contribution in [3.05, 3.63) is 95.6 Å². The van der Waals surface area contributed by atoms with Gasteiger partial charge in [0.05, 0.1) is 6.42 Å². The van der Waals surface area contributed by atoms with Gasteiger partial charge in [0.1, 0.15) is 24.8 Å². The van der Waals surface area contributed by atoms with Gasteiger partial charge in [0.15, 0.2) is 0 Å². The Hall–Kier alpha value is -4.66. The monoisotopic (exact) mass is 530 g/mol. The molecule has 0 radical (unpaired) electrons. The van der Waals surface area contributed by atoms with E-state index in [1.807, 2.05) is 54.6 Å². The molecule has 1 aliphatic carbocycles. The number of benzene rings is 3. The summed E-state index contributed by atoms with van der Waals surface area (Å²) < 4.78 is 10.8. The number of hydrogen-bond donors (Lipinski definition) is 3. The molecule has 2 amide bonds. The van der Waals surface area contributed by atoms with Crippen molar-refractivity contribution in [2.24, 2.45) is 0 Å². The van der Waals surface area contributed by atoms with E-state index in [1.54, 1.807) is 24.3 Å². The summed E-state index contributed by atoms with van der Waals surface area (Å²) in [5.41, 5.74) is 3.30. The number of nitrogens with one attached hydrogen (secondary N) is 2. The van der Waals surface area contributed by atoms with Crippen LogP contribution in [0.25, 0.3) is 11.1 Å². The van der Waals surface area contributed by atoms with E-state index in [-0.39, 0.29) is 19.1 Å². The van der Waals surface area contributed by atoms with Crippen molar-refractivity contribution in [2.45, 2.75) is 44.4 Å². The van der Waals surface area contributed by atoms with Gasteiger partial charge in [0, 0.05) is 5.92 Å². The minimum absolute atomic E-state index is 0.00721. The molecule has 3 aromatic carbocycles. The SMILES string of the molecule is CC(C)(NC(=O)[C@H](CC(=O)OCc1ccccc1)NC(=O)OCC1c2ccccc2-c2ccccc21)C(=O)O. The molecule has 0 spiro atoms. The second kappa shape index (κ2) is 11.8. The maximum absolute atomic E-state index is 12.9. The van der Waals surface area contributed by atoms with E-state index in [0.29, 0.717) is 0 Å². The van der Waals surface area contributed by atoms with Gasteiger partial charge in [-0.05, 0) is 41.7 Å². The fourth-order valence-corrected chi connectivity index (χ4v) is 4.40. The van der Waals surface area contributed by atoms with E-state index in [4.69, 9.17) is 9.47 Å². The second-order valence-corrected chi connectivity index (χ2v) is 9.79. The molecule has 0 bridgehead atoms. The van der Waals surface area contributed by atoms with Crippen molar-refractivity contribution in [1.82, 2.24) is 10.6 Å². The summed E-state index contributed by atoms with van der Waals surface area (Å²) in [6.45, 7) is 2.59. The molecule has 0 aliphatic heterocycles. The summed E-state index contributed by atoms with van der Waals surface area (Å²) in [5, 5.41) is 14.2. The molecule has 3 aromatic rings. The molecule has 0 unspecified atom stereocenters. The number of fused-ring (bicyclic) bond motifs is 3. The zero-order valence-corrected chi connectivity index (χ0v) is 21.7. The van der Waals surface area contributed by atoms with Gasteiger partial charge >= 0.3 is 18.0 Å². The van der Waals surface area contributed by atoms with Crippen LogP contribution < -0.4 is 10.6 Å². The van der Waals surface area contributed by atoms with Crippen LogP contribution in [-0.4, -0.2) is 47.2 Å². The lowest BCUT2D eigenvalue weighted by Crippen LogP contribution is -2.57. The van der Waals surface area contributed by atoms with E-state index < -0.39 is 41.9 Å². The predicted octanol–water partition coefficient (Wildman–Crippen LogP) is 4.01. The van der Waals surface area contributed by atoms with E-state index in [0.717, 1.165) is 27.8 Å². The summed E-state index contributed by atoms with van der Waals surface area (Å²) in [7, 11) is 0. The molecule has 1 atom stereocenters. The molecule has 4 rings (SSSR count). The molecule has 0 aromatic heterocycles. The van der Waals surface area contributed by atoms with Crippen molar-refractivity contribution in [3.63, 3.8) is 0 Å². The number of carbonyl (C=O) groups excluding carboxylic acids is 3. The number of alkyl carbamates (subject to hydrolysis) is 1. The van der Waals surface area contributed by atoms with E-state index in [2.05, 4.69) is 10.6 Å². The van der Waals surface area contributed by atoms with Crippen LogP contribution in [0.2, 0.25) is 0 Å². The van der Waals surface area contributed by atoms with Crippen LogP contribution in [0.4, 0.5) is 4.79 Å². The molecular weight excluding hydrogens is 500 g/mol. The van der Waals surface area contributed by atoms with Gasteiger partial charge in [-0.1, -0.05) is 78.9 Å². The molecule has 202 valence electrons. The minimum Gasteiger partial charge on any atom is -0.480 e. The Balaban J connectivity index is 1.43. The highest BCUT2D eigenvalue weighted by atomic mass is 16.5. The van der Waals surface area contributed by atoms with Gasteiger partial charge in [0.25, 0.3) is 0 Å². The largest absolute Gasteiger partial charge is 0.480 e. The third-order valence-electron chi connectivity index (χ3n) is 6.54. The van der Waals surface area contributed by atoms with Crippen LogP contribution in [0, 0.1) is 0 Å². The number of rotatable bonds is 10. The van der Waals surface area contributed by atoms with Gasteiger partial charge in [-0.3, -0.25) is 9.59 Å². The average Bonchev–Trinajstić information content (AvgIpc) is 3.24. The third kappa shape index (κ3) is 6.62. The molecule has 0 saturated carbocycles. The lowest BCUT2D eigenvalue weighted by Gasteiger charge is -2.25. The Kier molecular flexibility index (Phi) is 8.29. The molecular formula is C30H30N2O7. The summed E-state index contributed by atoms with van der Waals surface area (Å²) in [6, 6.07) is 23.3. The molecule has 3 N–H and O–H groups in total. The predicted molar refractivity (Wildman–Crippen MR) is 143 cm³/mol. The van der Waals surface area contributed by atoms with E-state index >= 15 is 0 Å². The first kappa shape index (κ1) is 27.4. The Morgan fingerprint density at radius 3 is 2.00 bits per heavy atom. The maximum Gasteiger partial charge on any atom is 0.407 e. The zero-order chi connectivity index (χ0) is 28.0. The van der Waals surface area contributed by atoms with Crippen LogP contribution in [0.5, 0.6) is 0 Å². The van der Waals surface area contributed by atoms with Gasteiger partial charge < -0.3 is 25.2 Å². The average molecular weight is 531 g/mol. The highest BCUT2D eigenvalue weighted by Gasteiger charge is 2.35. The summed E-state index contributed by atoms with van der Waals surface area (Å²) >= 11 is 0. The van der Waals surface area contributed by atoms with Gasteiger partial charge in [-0.15, -0.1) is 0 Å². The Labute approximate surface area is 226 Å². The number of carbonyl (C=O) groups is 4. The molecule has 9 nitrogen and oxygen atoms in total. The summed E-state index contributed by atoms with van der Waals surface area (Å²) in [6.07, 6.45) is -1.43. The fourth-order valence-electron chi connectivity index (χ4n) is 4.40.